The van der Waals surface area contributed by atoms with Crippen LogP contribution in [0.15, 0.2) is 11.6 Å². The molecule has 1 heteroatoms. The molecule has 0 aromatic carbocycles. The van der Waals surface area contributed by atoms with Crippen LogP contribution >= 0.6 is 0 Å². The van der Waals surface area contributed by atoms with Gasteiger partial charge >= 0.3 is 0 Å². The molecular weight excluding hydrogens is 364 g/mol. The summed E-state index contributed by atoms with van der Waals surface area (Å²) in [6.45, 7) is 20.1. The quantitative estimate of drug-likeness (QED) is 0.337. The average Bonchev–Trinajstić information content (AvgIpc) is 2.64. The molecule has 7 atom stereocenters. The number of carbonyl (C=O) groups excluding carboxylic acids is 1. The molecule has 4 aliphatic rings. The van der Waals surface area contributed by atoms with Crippen molar-refractivity contribution in [3.8, 4) is 0 Å². The molecule has 0 aromatic rings. The molecule has 0 unspecified atom stereocenters. The number of hydrogen-bond acceptors (Lipinski definition) is 1. The van der Waals surface area contributed by atoms with Crippen LogP contribution in [0.5, 0.6) is 0 Å². The summed E-state index contributed by atoms with van der Waals surface area (Å²) in [5.41, 5.74) is 3.58. The van der Waals surface area contributed by atoms with E-state index in [-0.39, 0.29) is 5.41 Å². The van der Waals surface area contributed by atoms with Crippen molar-refractivity contribution in [1.29, 1.82) is 0 Å². The average molecular weight is 413 g/mol. The molecule has 0 spiro atoms. The smallest absolute Gasteiger partial charge is 0.120 e. The van der Waals surface area contributed by atoms with Crippen LogP contribution in [0.25, 0.3) is 0 Å². The van der Waals surface area contributed by atoms with E-state index in [0.29, 0.717) is 39.4 Å². The Bertz CT molecular complexity index is 731. The number of fused-ring (bicyclic) bond motifs is 5. The third-order valence-corrected chi connectivity index (χ3v) is 11.7. The third kappa shape index (κ3) is 2.96. The van der Waals surface area contributed by atoms with Crippen LogP contribution in [-0.4, -0.2) is 6.29 Å². The van der Waals surface area contributed by atoms with Gasteiger partial charge in [0.15, 0.2) is 0 Å². The summed E-state index contributed by atoms with van der Waals surface area (Å²) in [6.07, 6.45) is 15.4. The van der Waals surface area contributed by atoms with Gasteiger partial charge in [-0.15, -0.1) is 0 Å². The highest BCUT2D eigenvalue weighted by atomic mass is 16.1. The molecule has 4 rings (SSSR count). The van der Waals surface area contributed by atoms with Crippen molar-refractivity contribution in [2.45, 2.75) is 113 Å². The molecule has 0 N–H and O–H groups in total. The Morgan fingerprint density at radius 1 is 1.00 bits per heavy atom. The van der Waals surface area contributed by atoms with Crippen LogP contribution < -0.4 is 0 Å². The minimum absolute atomic E-state index is 0.139. The molecule has 4 aliphatic carbocycles. The van der Waals surface area contributed by atoms with Crippen molar-refractivity contribution in [2.24, 2.45) is 50.7 Å². The van der Waals surface area contributed by atoms with Gasteiger partial charge in [0.1, 0.15) is 6.29 Å². The number of rotatable bonds is 3. The van der Waals surface area contributed by atoms with Crippen LogP contribution in [0, 0.1) is 50.7 Å². The first-order valence-electron chi connectivity index (χ1n) is 13.0. The molecule has 3 saturated carbocycles. The van der Waals surface area contributed by atoms with Crippen LogP contribution in [0.4, 0.5) is 0 Å². The fourth-order valence-electron chi connectivity index (χ4n) is 9.48. The molecule has 1 nitrogen and oxygen atoms in total. The monoisotopic (exact) mass is 412 g/mol. The minimum atomic E-state index is 0.139. The number of aldehydes is 1. The van der Waals surface area contributed by atoms with Gasteiger partial charge in [0.25, 0.3) is 0 Å². The van der Waals surface area contributed by atoms with Crippen LogP contribution in [0.3, 0.4) is 0 Å². The van der Waals surface area contributed by atoms with Gasteiger partial charge < -0.3 is 4.79 Å². The van der Waals surface area contributed by atoms with Gasteiger partial charge in [-0.25, -0.2) is 0 Å². The Balaban J connectivity index is 1.79. The van der Waals surface area contributed by atoms with E-state index in [4.69, 9.17) is 0 Å². The van der Waals surface area contributed by atoms with Gasteiger partial charge in [0.2, 0.25) is 0 Å². The first-order valence-corrected chi connectivity index (χ1v) is 13.0. The van der Waals surface area contributed by atoms with Gasteiger partial charge in [-0.2, -0.15) is 0 Å². The van der Waals surface area contributed by atoms with E-state index in [0.717, 1.165) is 12.3 Å². The Kier molecular flexibility index (Phi) is 5.24. The van der Waals surface area contributed by atoms with Crippen LogP contribution in [0.1, 0.15) is 113 Å². The Hall–Kier alpha value is -0.590. The maximum atomic E-state index is 11.9. The molecular formula is C29H48O. The summed E-state index contributed by atoms with van der Waals surface area (Å²) < 4.78 is 0. The van der Waals surface area contributed by atoms with Crippen molar-refractivity contribution < 1.29 is 4.79 Å². The lowest BCUT2D eigenvalue weighted by atomic mass is 9.35. The lowest BCUT2D eigenvalue weighted by molar-refractivity contribution is -0.156. The predicted molar refractivity (Wildman–Crippen MR) is 127 cm³/mol. The zero-order valence-electron chi connectivity index (χ0n) is 21.2. The molecule has 0 amide bonds. The molecule has 0 aliphatic heterocycles. The predicted octanol–water partition coefficient (Wildman–Crippen LogP) is 8.23. The molecule has 3 fully saturated rings. The van der Waals surface area contributed by atoms with E-state index < -0.39 is 0 Å². The second-order valence-corrected chi connectivity index (χ2v) is 14.0. The third-order valence-electron chi connectivity index (χ3n) is 11.7. The van der Waals surface area contributed by atoms with Crippen molar-refractivity contribution in [1.82, 2.24) is 0 Å². The van der Waals surface area contributed by atoms with Crippen molar-refractivity contribution in [3.05, 3.63) is 11.6 Å². The lowest BCUT2D eigenvalue weighted by Gasteiger charge is -2.69. The van der Waals surface area contributed by atoms with Gasteiger partial charge in [0, 0.05) is 6.42 Å². The Labute approximate surface area is 186 Å². The van der Waals surface area contributed by atoms with E-state index >= 15 is 0 Å². The van der Waals surface area contributed by atoms with Gasteiger partial charge in [-0.05, 0) is 102 Å². The lowest BCUT2D eigenvalue weighted by Crippen LogP contribution is -2.61. The maximum absolute atomic E-state index is 11.9. The van der Waals surface area contributed by atoms with E-state index in [1.165, 1.54) is 57.7 Å². The van der Waals surface area contributed by atoms with E-state index in [2.05, 4.69) is 61.5 Å². The SMILES string of the molecule is CC(C)[C@@H]1CC[C@]2(C)[C@H](CC=C3[C@H]4CC(C)(C)CC[C@]4(C)CC[C@]32C)[C@@]1(C)CC=O. The first-order chi connectivity index (χ1) is 13.8. The zero-order chi connectivity index (χ0) is 22.2. The van der Waals surface area contributed by atoms with Crippen LogP contribution in [-0.2, 0) is 4.79 Å². The molecule has 0 radical (unpaired) electrons. The van der Waals surface area contributed by atoms with Crippen LogP contribution in [0.2, 0.25) is 0 Å². The highest BCUT2D eigenvalue weighted by Crippen LogP contribution is 2.73. The van der Waals surface area contributed by atoms with E-state index in [1.807, 2.05) is 5.57 Å². The molecule has 0 bridgehead atoms. The standard InChI is InChI=1S/C29H48O/c1-20(2)21-11-12-29(8)24(27(21,6)17-18-30)10-9-22-23-19-25(3,4)13-14-26(23,5)15-16-28(22,29)7/h9,18,20-21,23-24H,10-17,19H2,1-8H3/t21-,23+,24+,26+,27-,28+,29+/m0/s1. The molecule has 0 aromatic heterocycles. The van der Waals surface area contributed by atoms with Gasteiger partial charge in [-0.1, -0.05) is 67.0 Å². The van der Waals surface area contributed by atoms with E-state index in [9.17, 15) is 4.79 Å². The zero-order valence-corrected chi connectivity index (χ0v) is 21.2. The largest absolute Gasteiger partial charge is 0.303 e. The maximum Gasteiger partial charge on any atom is 0.120 e. The van der Waals surface area contributed by atoms with Crippen molar-refractivity contribution in [3.63, 3.8) is 0 Å². The fraction of sp³-hybridized carbons (Fsp3) is 0.897. The molecule has 170 valence electrons. The Morgan fingerprint density at radius 2 is 1.67 bits per heavy atom. The second kappa shape index (κ2) is 6.95. The fourth-order valence-corrected chi connectivity index (χ4v) is 9.48. The molecule has 0 heterocycles. The number of hydrogen-bond donors (Lipinski definition) is 0. The highest BCUT2D eigenvalue weighted by Gasteiger charge is 2.65. The summed E-state index contributed by atoms with van der Waals surface area (Å²) in [5, 5.41) is 0. The summed E-state index contributed by atoms with van der Waals surface area (Å²) in [5.74, 6) is 2.72. The summed E-state index contributed by atoms with van der Waals surface area (Å²) in [6, 6.07) is 0. The van der Waals surface area contributed by atoms with Gasteiger partial charge in [0.05, 0.1) is 0 Å². The molecule has 0 saturated heterocycles. The summed E-state index contributed by atoms with van der Waals surface area (Å²) in [7, 11) is 0. The minimum Gasteiger partial charge on any atom is -0.303 e. The number of allylic oxidation sites excluding steroid dienone is 2. The number of carbonyl (C=O) groups is 1. The normalized spacial score (nSPS) is 50.2. The Morgan fingerprint density at radius 3 is 2.30 bits per heavy atom. The van der Waals surface area contributed by atoms with Crippen molar-refractivity contribution >= 4 is 6.29 Å². The highest BCUT2D eigenvalue weighted by molar-refractivity contribution is 5.51. The van der Waals surface area contributed by atoms with Crippen molar-refractivity contribution in [2.75, 3.05) is 0 Å². The first kappa shape index (κ1) is 22.6. The molecule has 30 heavy (non-hydrogen) atoms. The van der Waals surface area contributed by atoms with Gasteiger partial charge in [-0.3, -0.25) is 0 Å². The summed E-state index contributed by atoms with van der Waals surface area (Å²) in [4.78, 5) is 11.9. The van der Waals surface area contributed by atoms with E-state index in [1.54, 1.807) is 0 Å². The topological polar surface area (TPSA) is 17.1 Å². The second-order valence-electron chi connectivity index (χ2n) is 14.0. The summed E-state index contributed by atoms with van der Waals surface area (Å²) >= 11 is 0.